The molecule has 0 aromatic heterocycles. The summed E-state index contributed by atoms with van der Waals surface area (Å²) < 4.78 is 1.70. The van der Waals surface area contributed by atoms with Gasteiger partial charge in [-0.1, -0.05) is 31.9 Å². The second-order valence-electron chi connectivity index (χ2n) is 4.11. The normalized spacial score (nSPS) is 13.9. The highest BCUT2D eigenvalue weighted by atomic mass is 79.9. The van der Waals surface area contributed by atoms with Gasteiger partial charge in [-0.15, -0.1) is 0 Å². The molecule has 1 heterocycles. The van der Waals surface area contributed by atoms with Crippen LogP contribution in [0.15, 0.2) is 51.4 Å². The van der Waals surface area contributed by atoms with E-state index in [0.29, 0.717) is 16.9 Å². The van der Waals surface area contributed by atoms with Crippen LogP contribution in [0.5, 0.6) is 0 Å². The van der Waals surface area contributed by atoms with E-state index >= 15 is 0 Å². The smallest absolute Gasteiger partial charge is 0.283 e. The fraction of sp³-hybridized carbons (Fsp3) is 0. The summed E-state index contributed by atoms with van der Waals surface area (Å²) in [5.41, 5.74) is 1.74. The van der Waals surface area contributed by atoms with Crippen molar-refractivity contribution in [2.45, 2.75) is 0 Å². The number of hydrogen-bond donors (Lipinski definition) is 0. The number of Topliss-reactive ketones (excluding diaryl/α,β-unsaturated/α-hetero) is 1. The Balaban J connectivity index is 2.16. The first-order valence-corrected chi connectivity index (χ1v) is 7.10. The topological polar surface area (TPSA) is 37.4 Å². The zero-order valence-corrected chi connectivity index (χ0v) is 12.7. The van der Waals surface area contributed by atoms with Crippen molar-refractivity contribution in [1.82, 2.24) is 0 Å². The summed E-state index contributed by atoms with van der Waals surface area (Å²) in [6.07, 6.45) is 0. The van der Waals surface area contributed by atoms with Crippen molar-refractivity contribution in [2.75, 3.05) is 4.90 Å². The Bertz CT molecular complexity index is 695. The maximum atomic E-state index is 12.1. The average Bonchev–Trinajstić information content (AvgIpc) is 2.64. The van der Waals surface area contributed by atoms with E-state index in [4.69, 9.17) is 0 Å². The summed E-state index contributed by atoms with van der Waals surface area (Å²) in [5, 5.41) is 0. The van der Waals surface area contributed by atoms with Gasteiger partial charge in [0.1, 0.15) is 0 Å². The highest BCUT2D eigenvalue weighted by Gasteiger charge is 2.36. The Morgan fingerprint density at radius 3 is 2.16 bits per heavy atom. The second-order valence-corrected chi connectivity index (χ2v) is 5.94. The molecule has 3 nitrogen and oxygen atoms in total. The van der Waals surface area contributed by atoms with Crippen LogP contribution in [0, 0.1) is 0 Å². The van der Waals surface area contributed by atoms with Gasteiger partial charge in [-0.05, 0) is 42.5 Å². The number of anilines is 2. The van der Waals surface area contributed by atoms with Crippen LogP contribution in [0.25, 0.3) is 0 Å². The number of carbonyl (C=O) groups is 2. The zero-order valence-electron chi connectivity index (χ0n) is 9.56. The molecule has 94 valence electrons. The van der Waals surface area contributed by atoms with Crippen molar-refractivity contribution in [2.24, 2.45) is 0 Å². The molecule has 0 aliphatic carbocycles. The Hall–Kier alpha value is -1.46. The van der Waals surface area contributed by atoms with Gasteiger partial charge in [0, 0.05) is 14.6 Å². The zero-order chi connectivity index (χ0) is 13.6. The largest absolute Gasteiger partial charge is 0.304 e. The van der Waals surface area contributed by atoms with Crippen molar-refractivity contribution < 1.29 is 9.59 Å². The molecule has 1 aliphatic heterocycles. The molecular formula is C14H7Br2NO2. The highest BCUT2D eigenvalue weighted by Crippen LogP contribution is 2.37. The van der Waals surface area contributed by atoms with Gasteiger partial charge >= 0.3 is 5.91 Å². The fourth-order valence-corrected chi connectivity index (χ4v) is 2.68. The number of carbonyl (C=O) groups excluding carboxylic acids is 2. The summed E-state index contributed by atoms with van der Waals surface area (Å²) >= 11 is 6.66. The van der Waals surface area contributed by atoms with Crippen molar-refractivity contribution in [1.29, 1.82) is 0 Å². The van der Waals surface area contributed by atoms with E-state index < -0.39 is 11.7 Å². The van der Waals surface area contributed by atoms with E-state index in [2.05, 4.69) is 31.9 Å². The Labute approximate surface area is 126 Å². The highest BCUT2D eigenvalue weighted by molar-refractivity contribution is 9.10. The summed E-state index contributed by atoms with van der Waals surface area (Å²) in [6, 6.07) is 12.5. The first-order chi connectivity index (χ1) is 9.08. The minimum atomic E-state index is -0.518. The lowest BCUT2D eigenvalue weighted by Gasteiger charge is -2.16. The molecule has 3 rings (SSSR count). The van der Waals surface area contributed by atoms with Crippen molar-refractivity contribution in [3.05, 3.63) is 57.0 Å². The standard InChI is InChI=1S/C14H7Br2NO2/c15-8-1-4-10(5-2-8)17-12-6-3-9(16)7-11(12)13(18)14(17)19/h1-7H. The van der Waals surface area contributed by atoms with E-state index in [-0.39, 0.29) is 0 Å². The maximum absolute atomic E-state index is 12.1. The minimum Gasteiger partial charge on any atom is -0.283 e. The number of hydrogen-bond acceptors (Lipinski definition) is 2. The molecule has 0 unspecified atom stereocenters. The minimum absolute atomic E-state index is 0.433. The molecule has 1 aliphatic rings. The van der Waals surface area contributed by atoms with Crippen LogP contribution in [-0.4, -0.2) is 11.7 Å². The predicted molar refractivity (Wildman–Crippen MR) is 79.8 cm³/mol. The molecule has 0 saturated carbocycles. The van der Waals surface area contributed by atoms with Crippen LogP contribution in [0.1, 0.15) is 10.4 Å². The van der Waals surface area contributed by atoms with E-state index in [1.54, 1.807) is 24.3 Å². The average molecular weight is 381 g/mol. The van der Waals surface area contributed by atoms with Crippen LogP contribution < -0.4 is 4.90 Å². The number of benzene rings is 2. The van der Waals surface area contributed by atoms with Gasteiger partial charge < -0.3 is 0 Å². The van der Waals surface area contributed by atoms with Gasteiger partial charge in [0.15, 0.2) is 0 Å². The number of ketones is 1. The fourth-order valence-electron chi connectivity index (χ4n) is 2.06. The molecule has 0 atom stereocenters. The Kier molecular flexibility index (Phi) is 3.03. The molecule has 5 heteroatoms. The van der Waals surface area contributed by atoms with Crippen LogP contribution in [0.3, 0.4) is 0 Å². The quantitative estimate of drug-likeness (QED) is 0.699. The van der Waals surface area contributed by atoms with Crippen LogP contribution in [-0.2, 0) is 4.79 Å². The molecule has 0 fully saturated rings. The number of halogens is 2. The van der Waals surface area contributed by atoms with Gasteiger partial charge in [0.2, 0.25) is 0 Å². The number of amides is 1. The van der Waals surface area contributed by atoms with Crippen molar-refractivity contribution >= 4 is 54.9 Å². The molecule has 0 N–H and O–H groups in total. The molecule has 0 radical (unpaired) electrons. The molecule has 1 amide bonds. The van der Waals surface area contributed by atoms with Gasteiger partial charge in [0.05, 0.1) is 11.3 Å². The predicted octanol–water partition coefficient (Wildman–Crippen LogP) is 4.07. The summed E-state index contributed by atoms with van der Waals surface area (Å²) in [6.45, 7) is 0. The Morgan fingerprint density at radius 1 is 0.842 bits per heavy atom. The van der Waals surface area contributed by atoms with Gasteiger partial charge in [-0.3, -0.25) is 14.5 Å². The van der Waals surface area contributed by atoms with Crippen LogP contribution in [0.4, 0.5) is 11.4 Å². The lowest BCUT2D eigenvalue weighted by atomic mass is 10.1. The summed E-state index contributed by atoms with van der Waals surface area (Å²) in [4.78, 5) is 25.5. The number of rotatable bonds is 1. The van der Waals surface area contributed by atoms with Crippen molar-refractivity contribution in [3.8, 4) is 0 Å². The van der Waals surface area contributed by atoms with E-state index in [1.807, 2.05) is 18.2 Å². The van der Waals surface area contributed by atoms with Gasteiger partial charge in [0.25, 0.3) is 5.78 Å². The first kappa shape index (κ1) is 12.6. The first-order valence-electron chi connectivity index (χ1n) is 5.52. The number of nitrogens with zero attached hydrogens (tertiary/aromatic N) is 1. The third-order valence-corrected chi connectivity index (χ3v) is 3.95. The third kappa shape index (κ3) is 2.03. The summed E-state index contributed by atoms with van der Waals surface area (Å²) in [5.74, 6) is -0.991. The molecule has 0 saturated heterocycles. The van der Waals surface area contributed by atoms with Gasteiger partial charge in [-0.2, -0.15) is 0 Å². The number of fused-ring (bicyclic) bond motifs is 1. The third-order valence-electron chi connectivity index (χ3n) is 2.93. The molecule has 2 aromatic carbocycles. The molecular weight excluding hydrogens is 374 g/mol. The monoisotopic (exact) mass is 379 g/mol. The van der Waals surface area contributed by atoms with E-state index in [0.717, 1.165) is 8.95 Å². The molecule has 0 spiro atoms. The second kappa shape index (κ2) is 4.58. The lowest BCUT2D eigenvalue weighted by Crippen LogP contribution is -2.24. The lowest BCUT2D eigenvalue weighted by molar-refractivity contribution is -0.113. The van der Waals surface area contributed by atoms with E-state index in [1.165, 1.54) is 4.90 Å². The molecule has 0 bridgehead atoms. The van der Waals surface area contributed by atoms with Crippen LogP contribution >= 0.6 is 31.9 Å². The maximum Gasteiger partial charge on any atom is 0.304 e. The van der Waals surface area contributed by atoms with Crippen LogP contribution in [0.2, 0.25) is 0 Å². The molecule has 19 heavy (non-hydrogen) atoms. The van der Waals surface area contributed by atoms with Gasteiger partial charge in [-0.25, -0.2) is 0 Å². The SMILES string of the molecule is O=C1C(=O)N(c2ccc(Br)cc2)c2ccc(Br)cc21. The Morgan fingerprint density at radius 2 is 1.47 bits per heavy atom. The van der Waals surface area contributed by atoms with E-state index in [9.17, 15) is 9.59 Å². The van der Waals surface area contributed by atoms with Crippen molar-refractivity contribution in [3.63, 3.8) is 0 Å². The summed E-state index contributed by atoms with van der Waals surface area (Å²) in [7, 11) is 0. The molecule has 2 aromatic rings.